The SMILES string of the molecule is CCCCC/C=C\CCCCCCCC(=O)OCC(COP(=O)(O)OCC)OC(=O)CCCCCCC/C=C\CCCCCC. The molecular weight excluding hydrogens is 591 g/mol. The minimum atomic E-state index is -4.27. The number of hydrogen-bond acceptors (Lipinski definition) is 7. The maximum Gasteiger partial charge on any atom is 0.472 e. The first-order chi connectivity index (χ1) is 21.8. The summed E-state index contributed by atoms with van der Waals surface area (Å²) in [6, 6.07) is 0. The lowest BCUT2D eigenvalue weighted by atomic mass is 10.1. The predicted octanol–water partition coefficient (Wildman–Crippen LogP) is 10.7. The van der Waals surface area contributed by atoms with Gasteiger partial charge in [0.2, 0.25) is 0 Å². The van der Waals surface area contributed by atoms with E-state index in [4.69, 9.17) is 18.5 Å². The van der Waals surface area contributed by atoms with Crippen LogP contribution >= 0.6 is 7.82 Å². The van der Waals surface area contributed by atoms with Crippen molar-refractivity contribution in [2.24, 2.45) is 0 Å². The molecule has 264 valence electrons. The number of ether oxygens (including phenoxy) is 2. The molecule has 2 atom stereocenters. The van der Waals surface area contributed by atoms with Crippen LogP contribution in [0.2, 0.25) is 0 Å². The van der Waals surface area contributed by atoms with E-state index in [1.807, 2.05) is 0 Å². The monoisotopic (exact) mass is 658 g/mol. The molecule has 0 heterocycles. The van der Waals surface area contributed by atoms with E-state index in [-0.39, 0.29) is 32.0 Å². The Morgan fingerprint density at radius 1 is 0.578 bits per heavy atom. The molecule has 8 nitrogen and oxygen atoms in total. The van der Waals surface area contributed by atoms with Gasteiger partial charge in [-0.3, -0.25) is 18.6 Å². The van der Waals surface area contributed by atoms with Crippen molar-refractivity contribution in [3.63, 3.8) is 0 Å². The number of esters is 2. The van der Waals surface area contributed by atoms with Crippen LogP contribution in [0.1, 0.15) is 168 Å². The topological polar surface area (TPSA) is 108 Å². The average molecular weight is 659 g/mol. The van der Waals surface area contributed by atoms with E-state index in [9.17, 15) is 19.0 Å². The highest BCUT2D eigenvalue weighted by atomic mass is 31.2. The van der Waals surface area contributed by atoms with Crippen LogP contribution in [-0.4, -0.2) is 42.8 Å². The first-order valence-electron chi connectivity index (χ1n) is 18.1. The molecule has 0 bridgehead atoms. The highest BCUT2D eigenvalue weighted by Gasteiger charge is 2.25. The van der Waals surface area contributed by atoms with Crippen LogP contribution in [0.15, 0.2) is 24.3 Å². The molecular formula is C36H67O8P. The Kier molecular flexibility index (Phi) is 31.4. The van der Waals surface area contributed by atoms with Gasteiger partial charge in [0, 0.05) is 12.8 Å². The molecule has 9 heteroatoms. The van der Waals surface area contributed by atoms with E-state index in [2.05, 4.69) is 38.2 Å². The molecule has 0 aromatic heterocycles. The van der Waals surface area contributed by atoms with Crippen LogP contribution < -0.4 is 0 Å². The Hall–Kier alpha value is -1.47. The lowest BCUT2D eigenvalue weighted by Gasteiger charge is -2.19. The zero-order valence-electron chi connectivity index (χ0n) is 29.0. The van der Waals surface area contributed by atoms with Gasteiger partial charge < -0.3 is 14.4 Å². The lowest BCUT2D eigenvalue weighted by Crippen LogP contribution is -2.29. The molecule has 0 aromatic rings. The number of carbonyl (C=O) groups is 2. The third kappa shape index (κ3) is 32.3. The summed E-state index contributed by atoms with van der Waals surface area (Å²) in [5, 5.41) is 0. The molecule has 0 amide bonds. The lowest BCUT2D eigenvalue weighted by molar-refractivity contribution is -0.161. The number of hydrogen-bond donors (Lipinski definition) is 1. The molecule has 0 aliphatic rings. The van der Waals surface area contributed by atoms with E-state index >= 15 is 0 Å². The Morgan fingerprint density at radius 2 is 1.00 bits per heavy atom. The van der Waals surface area contributed by atoms with Crippen molar-refractivity contribution in [1.82, 2.24) is 0 Å². The first-order valence-corrected chi connectivity index (χ1v) is 19.6. The number of unbranched alkanes of at least 4 members (excludes halogenated alkanes) is 17. The molecule has 0 rings (SSSR count). The molecule has 1 N–H and O–H groups in total. The molecule has 0 saturated heterocycles. The van der Waals surface area contributed by atoms with Crippen molar-refractivity contribution in [3.05, 3.63) is 24.3 Å². The van der Waals surface area contributed by atoms with Gasteiger partial charge in [-0.05, 0) is 71.1 Å². The van der Waals surface area contributed by atoms with Crippen molar-refractivity contribution in [3.8, 4) is 0 Å². The van der Waals surface area contributed by atoms with Crippen molar-refractivity contribution in [2.45, 2.75) is 175 Å². The van der Waals surface area contributed by atoms with Crippen LogP contribution in [-0.2, 0) is 32.7 Å². The Balaban J connectivity index is 4.21. The highest BCUT2D eigenvalue weighted by molar-refractivity contribution is 7.47. The van der Waals surface area contributed by atoms with Gasteiger partial charge in [0.1, 0.15) is 6.61 Å². The van der Waals surface area contributed by atoms with E-state index in [1.165, 1.54) is 57.8 Å². The van der Waals surface area contributed by atoms with Gasteiger partial charge in [0.15, 0.2) is 6.10 Å². The number of rotatable bonds is 33. The van der Waals surface area contributed by atoms with E-state index in [0.29, 0.717) is 6.42 Å². The Morgan fingerprint density at radius 3 is 1.51 bits per heavy atom. The summed E-state index contributed by atoms with van der Waals surface area (Å²) in [7, 11) is -4.27. The summed E-state index contributed by atoms with van der Waals surface area (Å²) < 4.78 is 32.4. The van der Waals surface area contributed by atoms with Crippen LogP contribution in [0.4, 0.5) is 0 Å². The summed E-state index contributed by atoms with van der Waals surface area (Å²) in [4.78, 5) is 34.5. The standard InChI is InChI=1S/C36H67O8P/c1-4-7-9-11-13-15-17-19-21-23-25-27-29-31-36(38)44-34(33-43-45(39,40)42-6-3)32-41-35(37)30-28-26-24-22-20-18-16-14-12-10-8-5-2/h14-17,34H,4-13,18-33H2,1-3H3,(H,39,40)/b16-14-,17-15-. The molecule has 0 radical (unpaired) electrons. The molecule has 45 heavy (non-hydrogen) atoms. The van der Waals surface area contributed by atoms with Crippen LogP contribution in [0, 0.1) is 0 Å². The van der Waals surface area contributed by atoms with Gasteiger partial charge in [-0.15, -0.1) is 0 Å². The molecule has 2 unspecified atom stereocenters. The number of carbonyl (C=O) groups excluding carboxylic acids is 2. The Labute approximate surface area is 275 Å². The predicted molar refractivity (Wildman–Crippen MR) is 184 cm³/mol. The number of allylic oxidation sites excluding steroid dienone is 4. The second-order valence-corrected chi connectivity index (χ2v) is 13.3. The van der Waals surface area contributed by atoms with Gasteiger partial charge in [-0.25, -0.2) is 4.57 Å². The fourth-order valence-corrected chi connectivity index (χ4v) is 5.55. The van der Waals surface area contributed by atoms with Crippen molar-refractivity contribution in [2.75, 3.05) is 19.8 Å². The van der Waals surface area contributed by atoms with Crippen LogP contribution in [0.3, 0.4) is 0 Å². The van der Waals surface area contributed by atoms with E-state index < -0.39 is 26.5 Å². The third-order valence-electron chi connectivity index (χ3n) is 7.48. The van der Waals surface area contributed by atoms with Gasteiger partial charge >= 0.3 is 19.8 Å². The second-order valence-electron chi connectivity index (χ2n) is 11.9. The maximum absolute atomic E-state index is 12.5. The quantitative estimate of drug-likeness (QED) is 0.0321. The van der Waals surface area contributed by atoms with Crippen molar-refractivity contribution < 1.29 is 37.6 Å². The van der Waals surface area contributed by atoms with Crippen LogP contribution in [0.5, 0.6) is 0 Å². The summed E-state index contributed by atoms with van der Waals surface area (Å²) in [5.74, 6) is -0.819. The number of phosphoric ester groups is 1. The third-order valence-corrected chi connectivity index (χ3v) is 8.54. The van der Waals surface area contributed by atoms with Gasteiger partial charge in [0.25, 0.3) is 0 Å². The van der Waals surface area contributed by atoms with E-state index in [1.54, 1.807) is 6.92 Å². The van der Waals surface area contributed by atoms with Gasteiger partial charge in [-0.2, -0.15) is 0 Å². The summed E-state index contributed by atoms with van der Waals surface area (Å²) >= 11 is 0. The first kappa shape index (κ1) is 43.5. The molecule has 0 aromatic carbocycles. The highest BCUT2D eigenvalue weighted by Crippen LogP contribution is 2.43. The van der Waals surface area contributed by atoms with Crippen molar-refractivity contribution >= 4 is 19.8 Å². The minimum Gasteiger partial charge on any atom is -0.462 e. The summed E-state index contributed by atoms with van der Waals surface area (Å²) in [6.45, 7) is 5.39. The summed E-state index contributed by atoms with van der Waals surface area (Å²) in [6.07, 6.45) is 32.3. The fraction of sp³-hybridized carbons (Fsp3) is 0.833. The largest absolute Gasteiger partial charge is 0.472 e. The Bertz CT molecular complexity index is 798. The van der Waals surface area contributed by atoms with E-state index in [0.717, 1.165) is 70.6 Å². The molecule has 0 saturated carbocycles. The zero-order valence-corrected chi connectivity index (χ0v) is 29.9. The maximum atomic E-state index is 12.5. The minimum absolute atomic E-state index is 0.00169. The molecule has 0 spiro atoms. The normalized spacial score (nSPS) is 13.8. The summed E-state index contributed by atoms with van der Waals surface area (Å²) in [5.41, 5.74) is 0. The zero-order chi connectivity index (χ0) is 33.3. The van der Waals surface area contributed by atoms with Gasteiger partial charge in [-0.1, -0.05) is 109 Å². The second kappa shape index (κ2) is 32.5. The van der Waals surface area contributed by atoms with Crippen LogP contribution in [0.25, 0.3) is 0 Å². The van der Waals surface area contributed by atoms with Gasteiger partial charge in [0.05, 0.1) is 13.2 Å². The molecule has 0 aliphatic heterocycles. The average Bonchev–Trinajstić information content (AvgIpc) is 3.01. The van der Waals surface area contributed by atoms with Crippen molar-refractivity contribution in [1.29, 1.82) is 0 Å². The molecule has 0 fully saturated rings. The number of phosphoric acid groups is 1. The smallest absolute Gasteiger partial charge is 0.462 e. The fourth-order valence-electron chi connectivity index (χ4n) is 4.79. The molecule has 0 aliphatic carbocycles.